The molecule has 136 valence electrons. The zero-order chi connectivity index (χ0) is 18.4. The first-order valence-corrected chi connectivity index (χ1v) is 8.55. The van der Waals surface area contributed by atoms with Crippen molar-refractivity contribution in [2.45, 2.75) is 6.92 Å². The molecule has 0 bridgehead atoms. The fourth-order valence-electron chi connectivity index (χ4n) is 2.70. The number of carbonyl (C=O) groups is 2. The van der Waals surface area contributed by atoms with E-state index < -0.39 is 5.97 Å². The van der Waals surface area contributed by atoms with Crippen LogP contribution in [-0.4, -0.2) is 54.7 Å². The molecule has 1 aromatic heterocycles. The zero-order valence-corrected chi connectivity index (χ0v) is 14.6. The Hall–Kier alpha value is -2.93. The summed E-state index contributed by atoms with van der Waals surface area (Å²) in [4.78, 5) is 30.7. The third-order valence-corrected chi connectivity index (χ3v) is 3.99. The Labute approximate surface area is 151 Å². The normalized spacial score (nSPS) is 14.0. The molecule has 2 heterocycles. The number of amides is 1. The molecule has 1 aliphatic heterocycles. The van der Waals surface area contributed by atoms with Crippen molar-refractivity contribution in [3.8, 4) is 0 Å². The zero-order valence-electron chi connectivity index (χ0n) is 14.6. The van der Waals surface area contributed by atoms with Crippen molar-refractivity contribution in [3.05, 3.63) is 53.7 Å². The Balaban J connectivity index is 1.79. The number of nitrogens with zero attached hydrogens (tertiary/aromatic N) is 2. The minimum atomic E-state index is -0.406. The highest BCUT2D eigenvalue weighted by Gasteiger charge is 2.19. The topological polar surface area (TPSA) is 80.8 Å². The number of morpholine rings is 1. The maximum atomic E-state index is 12.6. The molecule has 0 spiro atoms. The number of hydrogen-bond acceptors (Lipinski definition) is 6. The number of anilines is 2. The van der Waals surface area contributed by atoms with Gasteiger partial charge in [0.2, 0.25) is 0 Å². The van der Waals surface area contributed by atoms with E-state index in [0.717, 1.165) is 0 Å². The minimum Gasteiger partial charge on any atom is -0.462 e. The van der Waals surface area contributed by atoms with Crippen LogP contribution in [0, 0.1) is 0 Å². The molecule has 0 unspecified atom stereocenters. The summed E-state index contributed by atoms with van der Waals surface area (Å²) in [7, 11) is 0. The number of rotatable bonds is 5. The van der Waals surface area contributed by atoms with E-state index in [-0.39, 0.29) is 5.91 Å². The fourth-order valence-corrected chi connectivity index (χ4v) is 2.70. The Bertz CT molecular complexity index is 788. The maximum Gasteiger partial charge on any atom is 0.340 e. The van der Waals surface area contributed by atoms with Crippen molar-refractivity contribution in [2.24, 2.45) is 0 Å². The second-order valence-corrected chi connectivity index (χ2v) is 5.73. The van der Waals surface area contributed by atoms with Crippen LogP contribution in [0.5, 0.6) is 0 Å². The van der Waals surface area contributed by atoms with Gasteiger partial charge in [0.25, 0.3) is 5.91 Å². The first kappa shape index (κ1) is 17.9. The van der Waals surface area contributed by atoms with Crippen LogP contribution in [0.4, 0.5) is 11.5 Å². The number of aromatic nitrogens is 1. The van der Waals surface area contributed by atoms with Gasteiger partial charge in [0.05, 0.1) is 31.1 Å². The highest BCUT2D eigenvalue weighted by atomic mass is 16.5. The Morgan fingerprint density at radius 1 is 1.23 bits per heavy atom. The summed E-state index contributed by atoms with van der Waals surface area (Å²) in [5.74, 6) is 0.0226. The van der Waals surface area contributed by atoms with E-state index in [2.05, 4.69) is 10.3 Å². The van der Waals surface area contributed by atoms with Crippen molar-refractivity contribution in [3.63, 3.8) is 0 Å². The number of carbonyl (C=O) groups excluding carboxylic acids is 2. The summed E-state index contributed by atoms with van der Waals surface area (Å²) in [5.41, 5.74) is 1.54. The first-order valence-electron chi connectivity index (χ1n) is 8.55. The van der Waals surface area contributed by atoms with Crippen molar-refractivity contribution in [2.75, 3.05) is 38.2 Å². The summed E-state index contributed by atoms with van der Waals surface area (Å²) >= 11 is 0. The van der Waals surface area contributed by atoms with E-state index in [9.17, 15) is 9.59 Å². The Morgan fingerprint density at radius 3 is 2.77 bits per heavy atom. The van der Waals surface area contributed by atoms with E-state index in [0.29, 0.717) is 55.5 Å². The predicted octanol–water partition coefficient (Wildman–Crippen LogP) is 2.47. The molecule has 0 saturated carbocycles. The molecular weight excluding hydrogens is 334 g/mol. The highest BCUT2D eigenvalue weighted by Crippen LogP contribution is 2.21. The van der Waals surface area contributed by atoms with Gasteiger partial charge in [0, 0.05) is 24.8 Å². The number of para-hydroxylation sites is 1. The molecule has 26 heavy (non-hydrogen) atoms. The first-order chi connectivity index (χ1) is 12.7. The van der Waals surface area contributed by atoms with Crippen LogP contribution < -0.4 is 5.32 Å². The third-order valence-electron chi connectivity index (χ3n) is 3.99. The smallest absolute Gasteiger partial charge is 0.340 e. The molecule has 1 aliphatic rings. The molecule has 1 N–H and O–H groups in total. The number of benzene rings is 1. The predicted molar refractivity (Wildman–Crippen MR) is 96.6 cm³/mol. The van der Waals surface area contributed by atoms with Gasteiger partial charge in [-0.05, 0) is 31.2 Å². The van der Waals surface area contributed by atoms with Crippen LogP contribution in [0.1, 0.15) is 27.6 Å². The van der Waals surface area contributed by atoms with Crippen LogP contribution in [0.15, 0.2) is 42.6 Å². The number of esters is 1. The van der Waals surface area contributed by atoms with E-state index in [1.807, 2.05) is 6.07 Å². The lowest BCUT2D eigenvalue weighted by Crippen LogP contribution is -2.40. The van der Waals surface area contributed by atoms with Crippen molar-refractivity contribution >= 4 is 23.4 Å². The lowest BCUT2D eigenvalue weighted by molar-refractivity contribution is 0.0303. The molecule has 2 aromatic rings. The van der Waals surface area contributed by atoms with E-state index in [1.54, 1.807) is 48.4 Å². The number of nitrogens with one attached hydrogen (secondary N) is 1. The lowest BCUT2D eigenvalue weighted by Gasteiger charge is -2.26. The van der Waals surface area contributed by atoms with Gasteiger partial charge < -0.3 is 19.7 Å². The third kappa shape index (κ3) is 4.18. The molecule has 1 amide bonds. The average molecular weight is 355 g/mol. The van der Waals surface area contributed by atoms with E-state index in [4.69, 9.17) is 9.47 Å². The van der Waals surface area contributed by atoms with Crippen LogP contribution in [0.3, 0.4) is 0 Å². The summed E-state index contributed by atoms with van der Waals surface area (Å²) < 4.78 is 10.4. The van der Waals surface area contributed by atoms with Crippen LogP contribution in [0.25, 0.3) is 0 Å². The van der Waals surface area contributed by atoms with Crippen LogP contribution >= 0.6 is 0 Å². The van der Waals surface area contributed by atoms with Gasteiger partial charge in [0.15, 0.2) is 0 Å². The summed E-state index contributed by atoms with van der Waals surface area (Å²) in [6.45, 7) is 4.32. The molecular formula is C19H21N3O4. The van der Waals surface area contributed by atoms with Gasteiger partial charge in [-0.25, -0.2) is 9.78 Å². The maximum absolute atomic E-state index is 12.6. The number of ether oxygens (including phenoxy) is 2. The molecule has 7 heteroatoms. The van der Waals surface area contributed by atoms with Gasteiger partial charge in [-0.2, -0.15) is 0 Å². The monoisotopic (exact) mass is 355 g/mol. The molecule has 0 radical (unpaired) electrons. The summed E-state index contributed by atoms with van der Waals surface area (Å²) in [6.07, 6.45) is 1.57. The minimum absolute atomic E-state index is 0.0579. The van der Waals surface area contributed by atoms with Gasteiger partial charge in [-0.1, -0.05) is 12.1 Å². The highest BCUT2D eigenvalue weighted by molar-refractivity contribution is 5.97. The molecule has 1 aromatic carbocycles. The van der Waals surface area contributed by atoms with E-state index in [1.165, 1.54) is 0 Å². The average Bonchev–Trinajstić information content (AvgIpc) is 2.69. The molecule has 7 nitrogen and oxygen atoms in total. The molecule has 3 rings (SSSR count). The van der Waals surface area contributed by atoms with Crippen molar-refractivity contribution in [1.29, 1.82) is 0 Å². The molecule has 1 saturated heterocycles. The Morgan fingerprint density at radius 2 is 2.00 bits per heavy atom. The van der Waals surface area contributed by atoms with E-state index >= 15 is 0 Å². The number of hydrogen-bond donors (Lipinski definition) is 1. The summed E-state index contributed by atoms with van der Waals surface area (Å²) in [5, 5.41) is 3.10. The van der Waals surface area contributed by atoms with Gasteiger partial charge in [-0.3, -0.25) is 4.79 Å². The van der Waals surface area contributed by atoms with Crippen LogP contribution in [0.2, 0.25) is 0 Å². The molecule has 0 atom stereocenters. The van der Waals surface area contributed by atoms with Crippen molar-refractivity contribution < 1.29 is 19.1 Å². The lowest BCUT2D eigenvalue weighted by atomic mass is 10.1. The quantitative estimate of drug-likeness (QED) is 0.830. The Kier molecular flexibility index (Phi) is 5.80. The molecule has 0 aliphatic carbocycles. The molecule has 1 fully saturated rings. The fraction of sp³-hybridized carbons (Fsp3) is 0.316. The van der Waals surface area contributed by atoms with Crippen LogP contribution in [-0.2, 0) is 9.47 Å². The summed E-state index contributed by atoms with van der Waals surface area (Å²) in [6, 6.07) is 10.4. The van der Waals surface area contributed by atoms with Crippen molar-refractivity contribution in [1.82, 2.24) is 9.88 Å². The van der Waals surface area contributed by atoms with Gasteiger partial charge in [-0.15, -0.1) is 0 Å². The van der Waals surface area contributed by atoms with Gasteiger partial charge >= 0.3 is 5.97 Å². The largest absolute Gasteiger partial charge is 0.462 e. The second kappa shape index (κ2) is 8.44. The SMILES string of the molecule is CCOC(=O)c1ccccc1Nc1cc(C(=O)N2CCOCC2)ccn1. The second-order valence-electron chi connectivity index (χ2n) is 5.73. The standard InChI is InChI=1S/C19H21N3O4/c1-2-26-19(24)15-5-3-4-6-16(15)21-17-13-14(7-8-20-17)18(23)22-9-11-25-12-10-22/h3-8,13H,2,9-12H2,1H3,(H,20,21). The van der Waals surface area contributed by atoms with Gasteiger partial charge in [0.1, 0.15) is 5.82 Å². The number of pyridine rings is 1.